The molecule has 1 aliphatic heterocycles. The Morgan fingerprint density at radius 2 is 2.33 bits per heavy atom. The number of hydrogen-bond donors (Lipinski definition) is 2. The van der Waals surface area contributed by atoms with Gasteiger partial charge in [-0.3, -0.25) is 0 Å². The number of rotatable bonds is 2. The zero-order valence-electron chi connectivity index (χ0n) is 9.79. The van der Waals surface area contributed by atoms with Crippen LogP contribution in [0.15, 0.2) is 48.7 Å². The maximum absolute atomic E-state index is 5.75. The fourth-order valence-electron chi connectivity index (χ4n) is 1.44. The minimum absolute atomic E-state index is 0.0747. The van der Waals surface area contributed by atoms with E-state index >= 15 is 0 Å². The van der Waals surface area contributed by atoms with Crippen LogP contribution in [0.3, 0.4) is 0 Å². The second kappa shape index (κ2) is 8.06. The zero-order chi connectivity index (χ0) is 11.7. The van der Waals surface area contributed by atoms with Crippen LogP contribution < -0.4 is 11.1 Å². The molecule has 84 valence electrons. The van der Waals surface area contributed by atoms with Crippen LogP contribution in [0, 0.1) is 0 Å². The van der Waals surface area contributed by atoms with E-state index in [4.69, 9.17) is 5.73 Å². The van der Waals surface area contributed by atoms with Gasteiger partial charge >= 0.3 is 0 Å². The van der Waals surface area contributed by atoms with Crippen LogP contribution in [-0.4, -0.2) is 6.17 Å². The standard InChI is InChI=1S/C11H18N2.C2H4/c1-3-4-9(2)7-10-5-6-13-11(12)8-10;1-2/h4-7,11,13H,3,8,12H2,1-2H3;1-2H2/b9-4-,10-7-;. The van der Waals surface area contributed by atoms with Gasteiger partial charge in [-0.05, 0) is 31.2 Å². The van der Waals surface area contributed by atoms with Gasteiger partial charge in [-0.25, -0.2) is 0 Å². The number of hydrogen-bond acceptors (Lipinski definition) is 2. The second-order valence-electron chi connectivity index (χ2n) is 3.39. The van der Waals surface area contributed by atoms with E-state index in [1.54, 1.807) is 0 Å². The van der Waals surface area contributed by atoms with Crippen molar-refractivity contribution in [3.63, 3.8) is 0 Å². The molecule has 3 N–H and O–H groups in total. The van der Waals surface area contributed by atoms with E-state index in [-0.39, 0.29) is 6.17 Å². The van der Waals surface area contributed by atoms with Crippen molar-refractivity contribution in [3.05, 3.63) is 48.7 Å². The summed E-state index contributed by atoms with van der Waals surface area (Å²) in [6.07, 6.45) is 10.5. The van der Waals surface area contributed by atoms with E-state index in [2.05, 4.69) is 50.6 Å². The first-order valence-electron chi connectivity index (χ1n) is 5.28. The Morgan fingerprint density at radius 3 is 2.87 bits per heavy atom. The molecule has 0 spiro atoms. The molecular weight excluding hydrogens is 184 g/mol. The molecule has 1 heterocycles. The minimum atomic E-state index is 0.0747. The summed E-state index contributed by atoms with van der Waals surface area (Å²) < 4.78 is 0. The molecule has 0 amide bonds. The fourth-order valence-corrected chi connectivity index (χ4v) is 1.44. The third-order valence-corrected chi connectivity index (χ3v) is 2.00. The van der Waals surface area contributed by atoms with Crippen LogP contribution >= 0.6 is 0 Å². The Hall–Kier alpha value is -1.28. The third kappa shape index (κ3) is 5.92. The normalized spacial score (nSPS) is 23.0. The molecule has 0 aromatic heterocycles. The predicted molar refractivity (Wildman–Crippen MR) is 68.3 cm³/mol. The topological polar surface area (TPSA) is 38.0 Å². The summed E-state index contributed by atoms with van der Waals surface area (Å²) >= 11 is 0. The Labute approximate surface area is 93.2 Å². The molecule has 1 atom stereocenters. The van der Waals surface area contributed by atoms with Crippen molar-refractivity contribution < 1.29 is 0 Å². The average Bonchev–Trinajstić information content (AvgIpc) is 2.21. The molecule has 0 fully saturated rings. The summed E-state index contributed by atoms with van der Waals surface area (Å²) in [4.78, 5) is 0. The highest BCUT2D eigenvalue weighted by Crippen LogP contribution is 2.12. The Kier molecular flexibility index (Phi) is 7.38. The molecule has 0 radical (unpaired) electrons. The maximum Gasteiger partial charge on any atom is 0.0779 e. The van der Waals surface area contributed by atoms with Gasteiger partial charge in [0.1, 0.15) is 0 Å². The minimum Gasteiger partial charge on any atom is -0.376 e. The molecule has 0 aromatic carbocycles. The van der Waals surface area contributed by atoms with Crippen molar-refractivity contribution in [1.29, 1.82) is 0 Å². The van der Waals surface area contributed by atoms with E-state index in [0.717, 1.165) is 12.8 Å². The van der Waals surface area contributed by atoms with Crippen LogP contribution in [0.4, 0.5) is 0 Å². The van der Waals surface area contributed by atoms with E-state index in [0.29, 0.717) is 0 Å². The lowest BCUT2D eigenvalue weighted by Crippen LogP contribution is -2.35. The van der Waals surface area contributed by atoms with E-state index in [9.17, 15) is 0 Å². The van der Waals surface area contributed by atoms with Crippen molar-refractivity contribution in [1.82, 2.24) is 5.32 Å². The van der Waals surface area contributed by atoms with Crippen molar-refractivity contribution >= 4 is 0 Å². The van der Waals surface area contributed by atoms with Gasteiger partial charge < -0.3 is 11.1 Å². The highest BCUT2D eigenvalue weighted by atomic mass is 15.0. The van der Waals surface area contributed by atoms with Crippen molar-refractivity contribution in [2.75, 3.05) is 0 Å². The fraction of sp³-hybridized carbons (Fsp3) is 0.385. The van der Waals surface area contributed by atoms with Crippen LogP contribution in [0.2, 0.25) is 0 Å². The van der Waals surface area contributed by atoms with Gasteiger partial charge in [0.2, 0.25) is 0 Å². The molecule has 1 aliphatic rings. The summed E-state index contributed by atoms with van der Waals surface area (Å²) in [6, 6.07) is 0. The largest absolute Gasteiger partial charge is 0.376 e. The van der Waals surface area contributed by atoms with Gasteiger partial charge in [-0.1, -0.05) is 24.6 Å². The SMILES string of the molecule is C=C.CC/C=C(C)\C=C1\C=CNC(N)C1. The second-order valence-corrected chi connectivity index (χ2v) is 3.39. The third-order valence-electron chi connectivity index (χ3n) is 2.00. The molecule has 1 rings (SSSR count). The number of nitrogens with two attached hydrogens (primary N) is 1. The summed E-state index contributed by atoms with van der Waals surface area (Å²) in [6.45, 7) is 10.3. The summed E-state index contributed by atoms with van der Waals surface area (Å²) in [5, 5.41) is 3.05. The molecule has 2 heteroatoms. The van der Waals surface area contributed by atoms with Gasteiger partial charge in [0.05, 0.1) is 6.17 Å². The van der Waals surface area contributed by atoms with Gasteiger partial charge in [-0.2, -0.15) is 0 Å². The summed E-state index contributed by atoms with van der Waals surface area (Å²) in [5.74, 6) is 0. The predicted octanol–water partition coefficient (Wildman–Crippen LogP) is 2.86. The first-order valence-corrected chi connectivity index (χ1v) is 5.28. The summed E-state index contributed by atoms with van der Waals surface area (Å²) in [5.41, 5.74) is 8.37. The zero-order valence-corrected chi connectivity index (χ0v) is 9.79. The van der Waals surface area contributed by atoms with E-state index < -0.39 is 0 Å². The molecule has 0 bridgehead atoms. The lowest BCUT2D eigenvalue weighted by molar-refractivity contribution is 0.594. The molecular formula is C13H22N2. The smallest absolute Gasteiger partial charge is 0.0779 e. The highest BCUT2D eigenvalue weighted by Gasteiger charge is 2.05. The molecule has 0 saturated heterocycles. The molecule has 0 saturated carbocycles. The molecule has 2 nitrogen and oxygen atoms in total. The number of nitrogens with one attached hydrogen (secondary N) is 1. The Balaban J connectivity index is 0.000000921. The van der Waals surface area contributed by atoms with Crippen molar-refractivity contribution in [2.45, 2.75) is 32.9 Å². The first-order chi connectivity index (χ1) is 7.22. The van der Waals surface area contributed by atoms with E-state index in [1.165, 1.54) is 11.1 Å². The van der Waals surface area contributed by atoms with Crippen molar-refractivity contribution in [2.24, 2.45) is 5.73 Å². The van der Waals surface area contributed by atoms with E-state index in [1.807, 2.05) is 6.20 Å². The average molecular weight is 206 g/mol. The number of allylic oxidation sites excluding steroid dienone is 4. The van der Waals surface area contributed by atoms with Gasteiger partial charge in [0.25, 0.3) is 0 Å². The van der Waals surface area contributed by atoms with Gasteiger partial charge in [0, 0.05) is 6.42 Å². The van der Waals surface area contributed by atoms with Gasteiger partial charge in [-0.15, -0.1) is 13.2 Å². The highest BCUT2D eigenvalue weighted by molar-refractivity contribution is 5.31. The molecule has 0 aromatic rings. The van der Waals surface area contributed by atoms with Crippen LogP contribution in [0.5, 0.6) is 0 Å². The Bertz CT molecular complexity index is 262. The van der Waals surface area contributed by atoms with Gasteiger partial charge in [0.15, 0.2) is 0 Å². The molecule has 1 unspecified atom stereocenters. The maximum atomic E-state index is 5.75. The summed E-state index contributed by atoms with van der Waals surface area (Å²) in [7, 11) is 0. The first kappa shape index (κ1) is 13.7. The lowest BCUT2D eigenvalue weighted by atomic mass is 10.1. The quantitative estimate of drug-likeness (QED) is 0.682. The Morgan fingerprint density at radius 1 is 1.67 bits per heavy atom. The molecule has 0 aliphatic carbocycles. The monoisotopic (exact) mass is 206 g/mol. The van der Waals surface area contributed by atoms with Crippen LogP contribution in [-0.2, 0) is 0 Å². The lowest BCUT2D eigenvalue weighted by Gasteiger charge is -2.17. The van der Waals surface area contributed by atoms with Crippen molar-refractivity contribution in [3.8, 4) is 0 Å². The van der Waals surface area contributed by atoms with Crippen LogP contribution in [0.25, 0.3) is 0 Å². The van der Waals surface area contributed by atoms with Crippen LogP contribution in [0.1, 0.15) is 26.7 Å². The molecule has 15 heavy (non-hydrogen) atoms.